The summed E-state index contributed by atoms with van der Waals surface area (Å²) in [5, 5.41) is 7.41. The number of benzene rings is 2. The predicted molar refractivity (Wildman–Crippen MR) is 100 cm³/mol. The number of anilines is 1. The van der Waals surface area contributed by atoms with E-state index < -0.39 is 0 Å². The van der Waals surface area contributed by atoms with E-state index >= 15 is 0 Å². The molecule has 2 aromatic carbocycles. The molecule has 0 aliphatic rings. The first kappa shape index (κ1) is 17.2. The molecule has 0 aliphatic heterocycles. The molecule has 0 aliphatic carbocycles. The van der Waals surface area contributed by atoms with Crippen molar-refractivity contribution in [2.45, 2.75) is 19.8 Å². The van der Waals surface area contributed by atoms with Gasteiger partial charge in [-0.25, -0.2) is 4.98 Å². The highest BCUT2D eigenvalue weighted by Crippen LogP contribution is 2.21. The van der Waals surface area contributed by atoms with Gasteiger partial charge in [0.25, 0.3) is 0 Å². The van der Waals surface area contributed by atoms with Gasteiger partial charge in [-0.3, -0.25) is 4.79 Å². The van der Waals surface area contributed by atoms with Gasteiger partial charge in [-0.2, -0.15) is 4.98 Å². The van der Waals surface area contributed by atoms with Gasteiger partial charge in [0.2, 0.25) is 17.6 Å². The Morgan fingerprint density at radius 3 is 2.78 bits per heavy atom. The average molecular weight is 383 g/mol. The molecule has 4 aromatic rings. The van der Waals surface area contributed by atoms with E-state index in [1.54, 1.807) is 37.3 Å². The molecular weight excluding hydrogens is 368 g/mol. The number of nitrogens with one attached hydrogen (secondary N) is 1. The van der Waals surface area contributed by atoms with E-state index in [1.165, 1.54) is 0 Å². The molecule has 0 atom stereocenters. The van der Waals surface area contributed by atoms with Crippen molar-refractivity contribution < 1.29 is 13.7 Å². The van der Waals surface area contributed by atoms with Crippen LogP contribution in [0.1, 0.15) is 18.2 Å². The Kier molecular flexibility index (Phi) is 4.60. The molecule has 0 spiro atoms. The Morgan fingerprint density at radius 2 is 1.96 bits per heavy atom. The average Bonchev–Trinajstić information content (AvgIpc) is 3.26. The number of rotatable bonds is 5. The van der Waals surface area contributed by atoms with Crippen LogP contribution in [-0.4, -0.2) is 21.0 Å². The van der Waals surface area contributed by atoms with Crippen LogP contribution in [0, 0.1) is 6.92 Å². The molecule has 1 N–H and O–H groups in total. The Labute approximate surface area is 159 Å². The Hall–Kier alpha value is -3.19. The van der Waals surface area contributed by atoms with Crippen molar-refractivity contribution in [1.29, 1.82) is 0 Å². The molecule has 0 saturated heterocycles. The van der Waals surface area contributed by atoms with Crippen LogP contribution in [0.3, 0.4) is 0 Å². The fourth-order valence-electron chi connectivity index (χ4n) is 2.64. The number of fused-ring (bicyclic) bond motifs is 1. The van der Waals surface area contributed by atoms with E-state index in [4.69, 9.17) is 20.5 Å². The van der Waals surface area contributed by atoms with E-state index in [1.807, 2.05) is 12.1 Å². The summed E-state index contributed by atoms with van der Waals surface area (Å²) in [5.41, 5.74) is 2.85. The third-order valence-corrected chi connectivity index (χ3v) is 4.17. The molecular formula is C19H15ClN4O3. The highest BCUT2D eigenvalue weighted by molar-refractivity contribution is 6.30. The van der Waals surface area contributed by atoms with Crippen LogP contribution in [0.5, 0.6) is 0 Å². The van der Waals surface area contributed by atoms with Crippen molar-refractivity contribution in [1.82, 2.24) is 15.1 Å². The lowest BCUT2D eigenvalue weighted by Crippen LogP contribution is -2.12. The molecule has 8 heteroatoms. The summed E-state index contributed by atoms with van der Waals surface area (Å²) in [5.74, 6) is 1.30. The van der Waals surface area contributed by atoms with Gasteiger partial charge >= 0.3 is 0 Å². The van der Waals surface area contributed by atoms with E-state index in [2.05, 4.69) is 20.4 Å². The van der Waals surface area contributed by atoms with Crippen LogP contribution in [0.25, 0.3) is 22.5 Å². The van der Waals surface area contributed by atoms with Crippen molar-refractivity contribution in [3.05, 3.63) is 59.3 Å². The smallest absolute Gasteiger partial charge is 0.227 e. The topological polar surface area (TPSA) is 94.1 Å². The first-order valence-electron chi connectivity index (χ1n) is 8.32. The Morgan fingerprint density at radius 1 is 1.15 bits per heavy atom. The Bertz CT molecular complexity index is 1100. The minimum Gasteiger partial charge on any atom is -0.441 e. The monoisotopic (exact) mass is 382 g/mol. The highest BCUT2D eigenvalue weighted by Gasteiger charge is 2.11. The van der Waals surface area contributed by atoms with Gasteiger partial charge in [0, 0.05) is 36.0 Å². The summed E-state index contributed by atoms with van der Waals surface area (Å²) < 4.78 is 10.6. The molecule has 0 fully saturated rings. The molecule has 0 bridgehead atoms. The summed E-state index contributed by atoms with van der Waals surface area (Å²) >= 11 is 5.87. The first-order valence-corrected chi connectivity index (χ1v) is 8.70. The summed E-state index contributed by atoms with van der Waals surface area (Å²) in [6.07, 6.45) is 0.565. The number of aromatic nitrogens is 3. The van der Waals surface area contributed by atoms with Crippen LogP contribution in [0.15, 0.2) is 51.4 Å². The molecule has 2 aromatic heterocycles. The number of amides is 1. The van der Waals surface area contributed by atoms with Crippen molar-refractivity contribution in [3.8, 4) is 11.4 Å². The summed E-state index contributed by atoms with van der Waals surface area (Å²) in [6.45, 7) is 1.78. The second-order valence-electron chi connectivity index (χ2n) is 5.98. The maximum absolute atomic E-state index is 12.2. The zero-order valence-electron chi connectivity index (χ0n) is 14.4. The van der Waals surface area contributed by atoms with Crippen molar-refractivity contribution in [2.24, 2.45) is 0 Å². The van der Waals surface area contributed by atoms with Gasteiger partial charge in [0.05, 0.1) is 0 Å². The van der Waals surface area contributed by atoms with Crippen LogP contribution < -0.4 is 5.32 Å². The van der Waals surface area contributed by atoms with E-state index in [-0.39, 0.29) is 12.3 Å². The molecule has 1 amide bonds. The lowest BCUT2D eigenvalue weighted by atomic mass is 10.2. The van der Waals surface area contributed by atoms with Crippen LogP contribution in [0.4, 0.5) is 5.69 Å². The molecule has 0 unspecified atom stereocenters. The fourth-order valence-corrected chi connectivity index (χ4v) is 2.76. The molecule has 4 rings (SSSR count). The third kappa shape index (κ3) is 3.98. The molecule has 27 heavy (non-hydrogen) atoms. The third-order valence-electron chi connectivity index (χ3n) is 3.91. The normalized spacial score (nSPS) is 11.0. The zero-order valence-corrected chi connectivity index (χ0v) is 15.2. The summed E-state index contributed by atoms with van der Waals surface area (Å²) in [4.78, 5) is 20.7. The number of hydrogen-bond acceptors (Lipinski definition) is 6. The second kappa shape index (κ2) is 7.20. The standard InChI is InChI=1S/C19H15ClN4O3/c1-11-21-15-10-14(6-7-16(15)26-11)22-17(25)8-9-18-23-19(24-27-18)12-2-4-13(20)5-3-12/h2-7,10H,8-9H2,1H3,(H,22,25). The van der Waals surface area contributed by atoms with Gasteiger partial charge in [0.15, 0.2) is 11.5 Å². The molecule has 7 nitrogen and oxygen atoms in total. The minimum absolute atomic E-state index is 0.152. The molecule has 2 heterocycles. The highest BCUT2D eigenvalue weighted by atomic mass is 35.5. The summed E-state index contributed by atoms with van der Waals surface area (Å²) in [6, 6.07) is 12.5. The van der Waals surface area contributed by atoms with Crippen molar-refractivity contribution in [2.75, 3.05) is 5.32 Å². The van der Waals surface area contributed by atoms with Crippen LogP contribution in [-0.2, 0) is 11.2 Å². The van der Waals surface area contributed by atoms with Crippen molar-refractivity contribution >= 4 is 34.3 Å². The predicted octanol–water partition coefficient (Wildman–Crippen LogP) is 4.41. The largest absolute Gasteiger partial charge is 0.441 e. The van der Waals surface area contributed by atoms with E-state index in [9.17, 15) is 4.79 Å². The Balaban J connectivity index is 1.36. The van der Waals surface area contributed by atoms with E-state index in [0.29, 0.717) is 45.8 Å². The molecule has 0 saturated carbocycles. The lowest BCUT2D eigenvalue weighted by molar-refractivity contribution is -0.116. The van der Waals surface area contributed by atoms with E-state index in [0.717, 1.165) is 5.56 Å². The number of carbonyl (C=O) groups excluding carboxylic acids is 1. The number of nitrogens with zero attached hydrogens (tertiary/aromatic N) is 3. The quantitative estimate of drug-likeness (QED) is 0.549. The SMILES string of the molecule is Cc1nc2cc(NC(=O)CCc3nc(-c4ccc(Cl)cc4)no3)ccc2o1. The van der Waals surface area contributed by atoms with Gasteiger partial charge in [-0.1, -0.05) is 16.8 Å². The lowest BCUT2D eigenvalue weighted by Gasteiger charge is -2.03. The number of aryl methyl sites for hydroxylation is 2. The molecule has 136 valence electrons. The van der Waals surface area contributed by atoms with Gasteiger partial charge in [-0.05, 0) is 42.5 Å². The van der Waals surface area contributed by atoms with Crippen LogP contribution in [0.2, 0.25) is 5.02 Å². The fraction of sp³-hybridized carbons (Fsp3) is 0.158. The minimum atomic E-state index is -0.152. The zero-order chi connectivity index (χ0) is 18.8. The second-order valence-corrected chi connectivity index (χ2v) is 6.42. The number of carbonyl (C=O) groups is 1. The van der Waals surface area contributed by atoms with Crippen LogP contribution >= 0.6 is 11.6 Å². The maximum Gasteiger partial charge on any atom is 0.227 e. The van der Waals surface area contributed by atoms with Gasteiger partial charge in [-0.15, -0.1) is 0 Å². The van der Waals surface area contributed by atoms with Crippen molar-refractivity contribution in [3.63, 3.8) is 0 Å². The van der Waals surface area contributed by atoms with Gasteiger partial charge < -0.3 is 14.3 Å². The number of halogens is 1. The maximum atomic E-state index is 12.2. The molecule has 0 radical (unpaired) electrons. The number of oxazole rings is 1. The number of hydrogen-bond donors (Lipinski definition) is 1. The summed E-state index contributed by atoms with van der Waals surface area (Å²) in [7, 11) is 0. The first-order chi connectivity index (χ1) is 13.1. The van der Waals surface area contributed by atoms with Gasteiger partial charge in [0.1, 0.15) is 5.52 Å².